The van der Waals surface area contributed by atoms with Crippen LogP contribution in [-0.2, 0) is 6.42 Å². The highest BCUT2D eigenvalue weighted by Gasteiger charge is 2.26. The zero-order chi connectivity index (χ0) is 19.9. The molecular formula is C21H15F5O. The number of phenolic OH excluding ortho intramolecular Hbond substituents is 1. The van der Waals surface area contributed by atoms with Crippen molar-refractivity contribution in [3.8, 4) is 28.0 Å². The molecule has 0 atom stereocenters. The van der Waals surface area contributed by atoms with E-state index in [0.29, 0.717) is 17.7 Å². The summed E-state index contributed by atoms with van der Waals surface area (Å²) in [5.41, 5.74) is 0.768. The fourth-order valence-electron chi connectivity index (χ4n) is 3.08. The molecule has 0 amide bonds. The van der Waals surface area contributed by atoms with Crippen LogP contribution in [0.3, 0.4) is 0 Å². The van der Waals surface area contributed by atoms with Crippen LogP contribution in [0.4, 0.5) is 22.0 Å². The zero-order valence-electron chi connectivity index (χ0n) is 14.5. The quantitative estimate of drug-likeness (QED) is 0.419. The maximum atomic E-state index is 14.5. The summed E-state index contributed by atoms with van der Waals surface area (Å²) < 4.78 is 69.6. The molecule has 0 unspecified atom stereocenters. The lowest BCUT2D eigenvalue weighted by Crippen LogP contribution is -2.02. The highest BCUT2D eigenvalue weighted by molar-refractivity contribution is 5.90. The topological polar surface area (TPSA) is 20.2 Å². The third-order valence-corrected chi connectivity index (χ3v) is 4.42. The molecule has 3 aromatic carbocycles. The predicted octanol–water partition coefficient (Wildman–Crippen LogP) is 6.29. The Bertz CT molecular complexity index is 1000. The van der Waals surface area contributed by atoms with Gasteiger partial charge in [0.1, 0.15) is 0 Å². The number of hydrogen-bond donors (Lipinski definition) is 1. The number of hydrogen-bond acceptors (Lipinski definition) is 1. The molecule has 3 rings (SSSR count). The van der Waals surface area contributed by atoms with Crippen LogP contribution < -0.4 is 0 Å². The summed E-state index contributed by atoms with van der Waals surface area (Å²) in [5, 5.41) is 10.2. The van der Waals surface area contributed by atoms with E-state index < -0.39 is 34.8 Å². The van der Waals surface area contributed by atoms with Crippen molar-refractivity contribution in [2.24, 2.45) is 0 Å². The summed E-state index contributed by atoms with van der Waals surface area (Å²) in [6.45, 7) is 3.42. The van der Waals surface area contributed by atoms with E-state index in [2.05, 4.69) is 0 Å². The standard InChI is InChI=1S/C21H15F5O/c1-3-13-16(11-6-4-10(2)5-7-11)17(21(27)20(26)18(13)24)12-8-14(22)19(25)15(23)9-12/h4-9,27H,3H2,1-2H3. The van der Waals surface area contributed by atoms with Gasteiger partial charge in [0.05, 0.1) is 0 Å². The monoisotopic (exact) mass is 378 g/mol. The molecule has 1 nitrogen and oxygen atoms in total. The molecule has 140 valence electrons. The first-order chi connectivity index (χ1) is 12.8. The minimum absolute atomic E-state index is 0.0608. The predicted molar refractivity (Wildman–Crippen MR) is 92.9 cm³/mol. The average Bonchev–Trinajstić information content (AvgIpc) is 2.64. The molecule has 0 radical (unpaired) electrons. The first kappa shape index (κ1) is 18.9. The van der Waals surface area contributed by atoms with E-state index in [1.807, 2.05) is 6.92 Å². The van der Waals surface area contributed by atoms with E-state index in [1.54, 1.807) is 31.2 Å². The highest BCUT2D eigenvalue weighted by Crippen LogP contribution is 2.45. The molecule has 1 N–H and O–H groups in total. The molecule has 0 saturated heterocycles. The van der Waals surface area contributed by atoms with E-state index in [-0.39, 0.29) is 28.7 Å². The van der Waals surface area contributed by atoms with Gasteiger partial charge in [-0.1, -0.05) is 36.8 Å². The van der Waals surface area contributed by atoms with Crippen molar-refractivity contribution in [1.29, 1.82) is 0 Å². The summed E-state index contributed by atoms with van der Waals surface area (Å²) in [6.07, 6.45) is 0.0609. The van der Waals surface area contributed by atoms with Gasteiger partial charge in [0.25, 0.3) is 0 Å². The molecule has 0 bridgehead atoms. The van der Waals surface area contributed by atoms with Gasteiger partial charge in [-0.25, -0.2) is 17.6 Å². The summed E-state index contributed by atoms with van der Waals surface area (Å²) in [4.78, 5) is 0. The van der Waals surface area contributed by atoms with Crippen LogP contribution in [0.5, 0.6) is 5.75 Å². The van der Waals surface area contributed by atoms with Crippen molar-refractivity contribution in [2.45, 2.75) is 20.3 Å². The molecule has 0 spiro atoms. The van der Waals surface area contributed by atoms with Gasteiger partial charge in [0, 0.05) is 5.56 Å². The van der Waals surface area contributed by atoms with Crippen LogP contribution in [0.1, 0.15) is 18.1 Å². The second kappa shape index (κ2) is 7.02. The van der Waals surface area contributed by atoms with Crippen LogP contribution in [0.15, 0.2) is 36.4 Å². The lowest BCUT2D eigenvalue weighted by Gasteiger charge is -2.19. The Kier molecular flexibility index (Phi) is 4.91. The van der Waals surface area contributed by atoms with Crippen LogP contribution in [-0.4, -0.2) is 5.11 Å². The summed E-state index contributed by atoms with van der Waals surface area (Å²) in [5.74, 6) is -8.54. The summed E-state index contributed by atoms with van der Waals surface area (Å²) in [6, 6.07) is 7.98. The molecule has 0 aliphatic heterocycles. The van der Waals surface area contributed by atoms with Crippen LogP contribution in [0, 0.1) is 36.0 Å². The molecule has 6 heteroatoms. The molecule has 0 fully saturated rings. The molecule has 0 aliphatic carbocycles. The van der Waals surface area contributed by atoms with Gasteiger partial charge < -0.3 is 5.11 Å². The fraction of sp³-hybridized carbons (Fsp3) is 0.143. The van der Waals surface area contributed by atoms with E-state index in [4.69, 9.17) is 0 Å². The van der Waals surface area contributed by atoms with E-state index in [1.165, 1.54) is 0 Å². The normalized spacial score (nSPS) is 11.1. The van der Waals surface area contributed by atoms with Crippen LogP contribution in [0.2, 0.25) is 0 Å². The van der Waals surface area contributed by atoms with Crippen molar-refractivity contribution in [1.82, 2.24) is 0 Å². The minimum Gasteiger partial charge on any atom is -0.504 e. The number of benzene rings is 3. The van der Waals surface area contributed by atoms with Crippen molar-refractivity contribution < 1.29 is 27.1 Å². The van der Waals surface area contributed by atoms with Gasteiger partial charge in [-0.15, -0.1) is 0 Å². The first-order valence-electron chi connectivity index (χ1n) is 8.21. The van der Waals surface area contributed by atoms with Gasteiger partial charge in [-0.3, -0.25) is 0 Å². The number of rotatable bonds is 3. The molecule has 3 aromatic rings. The minimum atomic E-state index is -1.69. The molecule has 0 saturated carbocycles. The SMILES string of the molecule is CCc1c(F)c(F)c(O)c(-c2cc(F)c(F)c(F)c2)c1-c1ccc(C)cc1. The summed E-state index contributed by atoms with van der Waals surface area (Å²) >= 11 is 0. The molecule has 0 aromatic heterocycles. The Hall–Kier alpha value is -2.89. The van der Waals surface area contributed by atoms with Gasteiger partial charge in [-0.05, 0) is 47.7 Å². The van der Waals surface area contributed by atoms with E-state index >= 15 is 0 Å². The lowest BCUT2D eigenvalue weighted by atomic mass is 9.87. The Labute approximate surface area is 152 Å². The Morgan fingerprint density at radius 1 is 0.741 bits per heavy atom. The lowest BCUT2D eigenvalue weighted by molar-refractivity contribution is 0.406. The van der Waals surface area contributed by atoms with Crippen molar-refractivity contribution >= 4 is 0 Å². The number of aryl methyl sites for hydroxylation is 1. The van der Waals surface area contributed by atoms with Gasteiger partial charge in [0.2, 0.25) is 5.82 Å². The van der Waals surface area contributed by atoms with Gasteiger partial charge >= 0.3 is 0 Å². The third kappa shape index (κ3) is 3.16. The summed E-state index contributed by atoms with van der Waals surface area (Å²) in [7, 11) is 0. The van der Waals surface area contributed by atoms with E-state index in [0.717, 1.165) is 5.56 Å². The number of phenols is 1. The van der Waals surface area contributed by atoms with E-state index in [9.17, 15) is 27.1 Å². The van der Waals surface area contributed by atoms with Crippen LogP contribution in [0.25, 0.3) is 22.3 Å². The Morgan fingerprint density at radius 2 is 1.30 bits per heavy atom. The zero-order valence-corrected chi connectivity index (χ0v) is 14.5. The Morgan fingerprint density at radius 3 is 1.81 bits per heavy atom. The molecule has 0 aliphatic rings. The second-order valence-corrected chi connectivity index (χ2v) is 6.18. The van der Waals surface area contributed by atoms with Crippen molar-refractivity contribution in [3.63, 3.8) is 0 Å². The molecule has 27 heavy (non-hydrogen) atoms. The average molecular weight is 378 g/mol. The second-order valence-electron chi connectivity index (χ2n) is 6.18. The molecular weight excluding hydrogens is 363 g/mol. The third-order valence-electron chi connectivity index (χ3n) is 4.42. The van der Waals surface area contributed by atoms with Gasteiger partial charge in [-0.2, -0.15) is 4.39 Å². The number of halogens is 5. The maximum Gasteiger partial charge on any atom is 0.201 e. The van der Waals surface area contributed by atoms with Crippen LogP contribution >= 0.6 is 0 Å². The largest absolute Gasteiger partial charge is 0.504 e. The first-order valence-corrected chi connectivity index (χ1v) is 8.21. The van der Waals surface area contributed by atoms with Crippen molar-refractivity contribution in [3.05, 3.63) is 76.6 Å². The Balaban J connectivity index is 2.46. The fourth-order valence-corrected chi connectivity index (χ4v) is 3.08. The molecule has 0 heterocycles. The van der Waals surface area contributed by atoms with Crippen molar-refractivity contribution in [2.75, 3.05) is 0 Å². The number of aromatic hydroxyl groups is 1. The smallest absolute Gasteiger partial charge is 0.201 e. The highest BCUT2D eigenvalue weighted by atomic mass is 19.2. The maximum absolute atomic E-state index is 14.5. The van der Waals surface area contributed by atoms with Gasteiger partial charge in [0.15, 0.2) is 29.0 Å².